The summed E-state index contributed by atoms with van der Waals surface area (Å²) in [6.07, 6.45) is 1.08. The molecule has 3 rings (SSSR count). The highest BCUT2D eigenvalue weighted by Gasteiger charge is 2.33. The molecular formula is C29H32Cl2FN3O4S. The molecule has 214 valence electrons. The molecule has 0 saturated carbocycles. The minimum Gasteiger partial charge on any atom is -0.354 e. The van der Waals surface area contributed by atoms with Crippen molar-refractivity contribution >= 4 is 50.7 Å². The molecule has 0 spiro atoms. The average Bonchev–Trinajstić information content (AvgIpc) is 2.88. The van der Waals surface area contributed by atoms with Gasteiger partial charge in [0, 0.05) is 35.1 Å². The number of hydrogen-bond acceptors (Lipinski definition) is 4. The Morgan fingerprint density at radius 2 is 1.55 bits per heavy atom. The van der Waals surface area contributed by atoms with Crippen molar-refractivity contribution in [2.24, 2.45) is 5.92 Å². The van der Waals surface area contributed by atoms with Crippen molar-refractivity contribution < 1.29 is 22.4 Å². The van der Waals surface area contributed by atoms with E-state index in [0.29, 0.717) is 6.54 Å². The first kappa shape index (κ1) is 31.4. The summed E-state index contributed by atoms with van der Waals surface area (Å²) in [5.74, 6) is -1.54. The monoisotopic (exact) mass is 607 g/mol. The summed E-state index contributed by atoms with van der Waals surface area (Å²) >= 11 is 12.2. The van der Waals surface area contributed by atoms with Gasteiger partial charge in [0.15, 0.2) is 0 Å². The molecule has 0 aliphatic heterocycles. The number of rotatable bonds is 12. The summed E-state index contributed by atoms with van der Waals surface area (Å²) in [4.78, 5) is 28.8. The SMILES string of the molecule is CC(C)CNC(=O)[C@H](Cc1ccccc1)N(Cc1ccccc1F)C(=O)CN(c1cc(Cl)cc(Cl)c1)S(C)(=O)=O. The van der Waals surface area contributed by atoms with Crippen LogP contribution in [-0.4, -0.2) is 50.5 Å². The molecule has 2 amide bonds. The zero-order valence-electron chi connectivity index (χ0n) is 22.5. The number of anilines is 1. The van der Waals surface area contributed by atoms with Gasteiger partial charge < -0.3 is 10.2 Å². The fraction of sp³-hybridized carbons (Fsp3) is 0.310. The Kier molecular flexibility index (Phi) is 11.0. The van der Waals surface area contributed by atoms with Crippen LogP contribution in [0.1, 0.15) is 25.0 Å². The molecule has 0 aromatic heterocycles. The second-order valence-corrected chi connectivity index (χ2v) is 12.6. The van der Waals surface area contributed by atoms with Crippen LogP contribution in [0.4, 0.5) is 10.1 Å². The lowest BCUT2D eigenvalue weighted by molar-refractivity contribution is -0.140. The second kappa shape index (κ2) is 14.0. The summed E-state index contributed by atoms with van der Waals surface area (Å²) in [6.45, 7) is 3.32. The molecule has 3 aromatic carbocycles. The number of halogens is 3. The molecule has 40 heavy (non-hydrogen) atoms. The Balaban J connectivity index is 2.07. The van der Waals surface area contributed by atoms with Gasteiger partial charge >= 0.3 is 0 Å². The third-order valence-electron chi connectivity index (χ3n) is 6.07. The summed E-state index contributed by atoms with van der Waals surface area (Å²) in [6, 6.07) is 18.2. The van der Waals surface area contributed by atoms with Gasteiger partial charge in [0.05, 0.1) is 11.9 Å². The number of carbonyl (C=O) groups excluding carboxylic acids is 2. The van der Waals surface area contributed by atoms with Crippen molar-refractivity contribution in [1.82, 2.24) is 10.2 Å². The fourth-order valence-electron chi connectivity index (χ4n) is 4.08. The molecule has 0 unspecified atom stereocenters. The molecule has 0 heterocycles. The van der Waals surface area contributed by atoms with Crippen LogP contribution in [0.5, 0.6) is 0 Å². The Hall–Kier alpha value is -3.14. The molecule has 0 aliphatic carbocycles. The highest BCUT2D eigenvalue weighted by molar-refractivity contribution is 7.92. The number of carbonyl (C=O) groups is 2. The number of nitrogens with one attached hydrogen (secondary N) is 1. The lowest BCUT2D eigenvalue weighted by atomic mass is 10.0. The maximum atomic E-state index is 14.8. The Bertz CT molecular complexity index is 1420. The number of amides is 2. The molecule has 1 N–H and O–H groups in total. The Morgan fingerprint density at radius 1 is 0.950 bits per heavy atom. The van der Waals surface area contributed by atoms with E-state index in [2.05, 4.69) is 5.32 Å². The van der Waals surface area contributed by atoms with Crippen LogP contribution in [0.2, 0.25) is 10.0 Å². The largest absolute Gasteiger partial charge is 0.354 e. The first-order valence-electron chi connectivity index (χ1n) is 12.6. The molecule has 0 radical (unpaired) electrons. The molecule has 0 saturated heterocycles. The lowest BCUT2D eigenvalue weighted by Crippen LogP contribution is -2.53. The van der Waals surface area contributed by atoms with Crippen molar-refractivity contribution in [3.05, 3.63) is 99.8 Å². The third-order valence-corrected chi connectivity index (χ3v) is 7.65. The van der Waals surface area contributed by atoms with Gasteiger partial charge in [0.25, 0.3) is 0 Å². The van der Waals surface area contributed by atoms with Crippen LogP contribution < -0.4 is 9.62 Å². The molecule has 11 heteroatoms. The van der Waals surface area contributed by atoms with E-state index in [4.69, 9.17) is 23.2 Å². The third kappa shape index (κ3) is 8.94. The van der Waals surface area contributed by atoms with Gasteiger partial charge in [-0.3, -0.25) is 13.9 Å². The van der Waals surface area contributed by atoms with E-state index in [9.17, 15) is 22.4 Å². The number of nitrogens with zero attached hydrogens (tertiary/aromatic N) is 2. The van der Waals surface area contributed by atoms with Crippen LogP contribution in [0.25, 0.3) is 0 Å². The van der Waals surface area contributed by atoms with E-state index in [1.165, 1.54) is 41.3 Å². The van der Waals surface area contributed by atoms with Crippen LogP contribution >= 0.6 is 23.2 Å². The summed E-state index contributed by atoms with van der Waals surface area (Å²) in [7, 11) is -3.99. The van der Waals surface area contributed by atoms with Crippen LogP contribution in [0.15, 0.2) is 72.8 Å². The van der Waals surface area contributed by atoms with E-state index in [0.717, 1.165) is 16.1 Å². The Labute approximate surface area is 244 Å². The van der Waals surface area contributed by atoms with E-state index in [1.54, 1.807) is 6.07 Å². The topological polar surface area (TPSA) is 86.8 Å². The minimum absolute atomic E-state index is 0.0862. The minimum atomic E-state index is -3.99. The van der Waals surface area contributed by atoms with Crippen LogP contribution in [-0.2, 0) is 32.6 Å². The predicted molar refractivity (Wildman–Crippen MR) is 157 cm³/mol. The highest BCUT2D eigenvalue weighted by Crippen LogP contribution is 2.27. The summed E-state index contributed by atoms with van der Waals surface area (Å²) in [5.41, 5.74) is 1.05. The molecule has 3 aromatic rings. The smallest absolute Gasteiger partial charge is 0.244 e. The van der Waals surface area contributed by atoms with E-state index >= 15 is 0 Å². The van der Waals surface area contributed by atoms with E-state index in [1.807, 2.05) is 44.2 Å². The van der Waals surface area contributed by atoms with Crippen LogP contribution in [0, 0.1) is 11.7 Å². The maximum Gasteiger partial charge on any atom is 0.244 e. The lowest BCUT2D eigenvalue weighted by Gasteiger charge is -2.33. The number of sulfonamides is 1. The molecule has 7 nitrogen and oxygen atoms in total. The maximum absolute atomic E-state index is 14.8. The molecule has 0 bridgehead atoms. The van der Waals surface area contributed by atoms with Gasteiger partial charge in [-0.1, -0.05) is 85.6 Å². The Morgan fingerprint density at radius 3 is 2.12 bits per heavy atom. The molecule has 0 fully saturated rings. The van der Waals surface area contributed by atoms with Crippen molar-refractivity contribution in [3.63, 3.8) is 0 Å². The van der Waals surface area contributed by atoms with Gasteiger partial charge in [-0.25, -0.2) is 12.8 Å². The standard InChI is InChI=1S/C29H32Cl2FN3O4S/c1-20(2)17-33-29(37)27(13-21-9-5-4-6-10-21)34(18-22-11-7-8-12-26(22)32)28(36)19-35(40(3,38)39)25-15-23(30)14-24(31)16-25/h4-12,14-16,20,27H,13,17-19H2,1-3H3,(H,33,37)/t27-/m0/s1. The average molecular weight is 609 g/mol. The van der Waals surface area contributed by atoms with E-state index < -0.39 is 40.2 Å². The summed E-state index contributed by atoms with van der Waals surface area (Å²) in [5, 5.41) is 3.24. The quantitative estimate of drug-likeness (QED) is 0.302. The van der Waals surface area contributed by atoms with Gasteiger partial charge in [-0.15, -0.1) is 0 Å². The second-order valence-electron chi connectivity index (χ2n) is 9.85. The molecule has 1 atom stereocenters. The van der Waals surface area contributed by atoms with Crippen molar-refractivity contribution in [3.8, 4) is 0 Å². The van der Waals surface area contributed by atoms with Gasteiger partial charge in [-0.05, 0) is 35.7 Å². The molecular weight excluding hydrogens is 576 g/mol. The first-order valence-corrected chi connectivity index (χ1v) is 15.2. The van der Waals surface area contributed by atoms with Gasteiger partial charge in [0.2, 0.25) is 21.8 Å². The fourth-order valence-corrected chi connectivity index (χ4v) is 5.43. The predicted octanol–water partition coefficient (Wildman–Crippen LogP) is 5.31. The first-order chi connectivity index (χ1) is 18.8. The number of hydrogen-bond donors (Lipinski definition) is 1. The summed E-state index contributed by atoms with van der Waals surface area (Å²) < 4.78 is 41.3. The van der Waals surface area contributed by atoms with Crippen molar-refractivity contribution in [1.29, 1.82) is 0 Å². The normalized spacial score (nSPS) is 12.2. The van der Waals surface area contributed by atoms with E-state index in [-0.39, 0.29) is 40.2 Å². The highest BCUT2D eigenvalue weighted by atomic mass is 35.5. The zero-order chi connectivity index (χ0) is 29.4. The molecule has 0 aliphatic rings. The van der Waals surface area contributed by atoms with Crippen LogP contribution in [0.3, 0.4) is 0 Å². The van der Waals surface area contributed by atoms with Gasteiger partial charge in [0.1, 0.15) is 18.4 Å². The number of benzene rings is 3. The van der Waals surface area contributed by atoms with Crippen molar-refractivity contribution in [2.75, 3.05) is 23.7 Å². The van der Waals surface area contributed by atoms with Crippen molar-refractivity contribution in [2.45, 2.75) is 32.9 Å². The zero-order valence-corrected chi connectivity index (χ0v) is 24.8. The van der Waals surface area contributed by atoms with Gasteiger partial charge in [-0.2, -0.15) is 0 Å².